The number of aromatic nitrogens is 1. The number of anilines is 1. The van der Waals surface area contributed by atoms with Crippen LogP contribution in [0, 0.1) is 5.92 Å². The predicted octanol–water partition coefficient (Wildman–Crippen LogP) is 2.41. The zero-order valence-electron chi connectivity index (χ0n) is 8.77. The minimum absolute atomic E-state index is 0.574. The zero-order valence-corrected chi connectivity index (χ0v) is 8.77. The molecule has 0 bridgehead atoms. The highest BCUT2D eigenvalue weighted by atomic mass is 15.2. The maximum absolute atomic E-state index is 4.52. The summed E-state index contributed by atoms with van der Waals surface area (Å²) in [5.74, 6) is 2.98. The molecule has 2 nitrogen and oxygen atoms in total. The van der Waals surface area contributed by atoms with Crippen LogP contribution in [0.1, 0.15) is 31.7 Å². The fourth-order valence-corrected chi connectivity index (χ4v) is 2.56. The van der Waals surface area contributed by atoms with Crippen molar-refractivity contribution in [3.8, 4) is 0 Å². The Balaban J connectivity index is 2.06. The van der Waals surface area contributed by atoms with Crippen molar-refractivity contribution < 1.29 is 0 Å². The van der Waals surface area contributed by atoms with Crippen LogP contribution < -0.4 is 4.90 Å². The largest absolute Gasteiger partial charge is 0.354 e. The molecule has 1 saturated carbocycles. The molecule has 3 rings (SSSR count). The normalized spacial score (nSPS) is 28.6. The SMILES string of the molecule is CC(C)N1CC2CC2c2cccnc21. The number of nitrogens with zero attached hydrogens (tertiary/aromatic N) is 2. The molecule has 1 aliphatic heterocycles. The fraction of sp³-hybridized carbons (Fsp3) is 0.583. The molecule has 2 atom stereocenters. The Labute approximate surface area is 85.0 Å². The van der Waals surface area contributed by atoms with E-state index in [9.17, 15) is 0 Å². The molecule has 2 heterocycles. The lowest BCUT2D eigenvalue weighted by Crippen LogP contribution is -2.36. The molecule has 1 aromatic heterocycles. The molecule has 0 radical (unpaired) electrons. The number of pyridine rings is 1. The monoisotopic (exact) mass is 188 g/mol. The quantitative estimate of drug-likeness (QED) is 0.673. The van der Waals surface area contributed by atoms with Gasteiger partial charge in [0, 0.05) is 18.8 Å². The molecule has 2 heteroatoms. The van der Waals surface area contributed by atoms with Gasteiger partial charge in [0.25, 0.3) is 0 Å². The average Bonchev–Trinajstić information content (AvgIpc) is 2.95. The first-order chi connectivity index (χ1) is 6.77. The Bertz CT molecular complexity index is 359. The Hall–Kier alpha value is -1.05. The van der Waals surface area contributed by atoms with Crippen LogP contribution in [0.5, 0.6) is 0 Å². The third-order valence-corrected chi connectivity index (χ3v) is 3.47. The second-order valence-corrected chi connectivity index (χ2v) is 4.76. The molecular weight excluding hydrogens is 172 g/mol. The van der Waals surface area contributed by atoms with E-state index in [0.29, 0.717) is 6.04 Å². The lowest BCUT2D eigenvalue weighted by molar-refractivity contribution is 0.605. The summed E-state index contributed by atoms with van der Waals surface area (Å²) in [6.07, 6.45) is 3.29. The van der Waals surface area contributed by atoms with Gasteiger partial charge in [0.1, 0.15) is 5.82 Å². The summed E-state index contributed by atoms with van der Waals surface area (Å²) in [5.41, 5.74) is 1.48. The van der Waals surface area contributed by atoms with Crippen LogP contribution in [0.25, 0.3) is 0 Å². The van der Waals surface area contributed by atoms with Crippen LogP contribution in [-0.2, 0) is 0 Å². The first-order valence-corrected chi connectivity index (χ1v) is 5.49. The molecule has 0 saturated heterocycles. The highest BCUT2D eigenvalue weighted by Crippen LogP contribution is 2.54. The van der Waals surface area contributed by atoms with E-state index in [0.717, 1.165) is 11.8 Å². The Morgan fingerprint density at radius 1 is 1.50 bits per heavy atom. The summed E-state index contributed by atoms with van der Waals surface area (Å²) in [4.78, 5) is 6.97. The third-order valence-electron chi connectivity index (χ3n) is 3.47. The highest BCUT2D eigenvalue weighted by Gasteiger charge is 2.45. The molecule has 74 valence electrons. The maximum atomic E-state index is 4.52. The van der Waals surface area contributed by atoms with Gasteiger partial charge in [0.05, 0.1) is 0 Å². The average molecular weight is 188 g/mol. The van der Waals surface area contributed by atoms with Crippen LogP contribution in [0.3, 0.4) is 0 Å². The maximum Gasteiger partial charge on any atom is 0.132 e. The Kier molecular flexibility index (Phi) is 1.61. The van der Waals surface area contributed by atoms with Crippen molar-refractivity contribution in [1.82, 2.24) is 4.98 Å². The van der Waals surface area contributed by atoms with Gasteiger partial charge < -0.3 is 4.90 Å². The second kappa shape index (κ2) is 2.72. The summed E-state index contributed by atoms with van der Waals surface area (Å²) in [5, 5.41) is 0. The molecule has 14 heavy (non-hydrogen) atoms. The van der Waals surface area contributed by atoms with Gasteiger partial charge in [-0.1, -0.05) is 6.07 Å². The summed E-state index contributed by atoms with van der Waals surface area (Å²) in [6, 6.07) is 4.89. The van der Waals surface area contributed by atoms with Gasteiger partial charge in [-0.2, -0.15) is 0 Å². The Morgan fingerprint density at radius 3 is 3.14 bits per heavy atom. The number of hydrogen-bond acceptors (Lipinski definition) is 2. The first-order valence-electron chi connectivity index (χ1n) is 5.49. The van der Waals surface area contributed by atoms with Crippen LogP contribution in [0.4, 0.5) is 5.82 Å². The number of hydrogen-bond donors (Lipinski definition) is 0. The van der Waals surface area contributed by atoms with Gasteiger partial charge in [-0.3, -0.25) is 0 Å². The number of fused-ring (bicyclic) bond motifs is 3. The summed E-state index contributed by atoms with van der Waals surface area (Å²) in [7, 11) is 0. The molecule has 0 amide bonds. The van der Waals surface area contributed by atoms with E-state index in [1.807, 2.05) is 6.20 Å². The van der Waals surface area contributed by atoms with Gasteiger partial charge in [-0.05, 0) is 43.7 Å². The molecular formula is C12H16N2. The molecule has 2 aliphatic rings. The van der Waals surface area contributed by atoms with E-state index < -0.39 is 0 Å². The fourth-order valence-electron chi connectivity index (χ4n) is 2.56. The van der Waals surface area contributed by atoms with Crippen molar-refractivity contribution in [3.05, 3.63) is 23.9 Å². The Morgan fingerprint density at radius 2 is 2.36 bits per heavy atom. The van der Waals surface area contributed by atoms with Gasteiger partial charge in [-0.15, -0.1) is 0 Å². The smallest absolute Gasteiger partial charge is 0.132 e. The molecule has 0 spiro atoms. The van der Waals surface area contributed by atoms with E-state index in [1.54, 1.807) is 0 Å². The summed E-state index contributed by atoms with van der Waals surface area (Å²) >= 11 is 0. The van der Waals surface area contributed by atoms with Crippen molar-refractivity contribution in [2.75, 3.05) is 11.4 Å². The lowest BCUT2D eigenvalue weighted by atomic mass is 10.0. The third kappa shape index (κ3) is 1.06. The second-order valence-electron chi connectivity index (χ2n) is 4.76. The molecule has 2 unspecified atom stereocenters. The van der Waals surface area contributed by atoms with Crippen LogP contribution in [-0.4, -0.2) is 17.6 Å². The van der Waals surface area contributed by atoms with Crippen molar-refractivity contribution in [2.45, 2.75) is 32.2 Å². The van der Waals surface area contributed by atoms with Crippen molar-refractivity contribution in [2.24, 2.45) is 5.92 Å². The highest BCUT2D eigenvalue weighted by molar-refractivity contribution is 5.55. The summed E-state index contributed by atoms with van der Waals surface area (Å²) in [6.45, 7) is 5.72. The van der Waals surface area contributed by atoms with Gasteiger partial charge >= 0.3 is 0 Å². The predicted molar refractivity (Wildman–Crippen MR) is 57.6 cm³/mol. The minimum Gasteiger partial charge on any atom is -0.354 e. The van der Waals surface area contributed by atoms with Gasteiger partial charge in [0.15, 0.2) is 0 Å². The number of rotatable bonds is 1. The van der Waals surface area contributed by atoms with E-state index in [4.69, 9.17) is 0 Å². The van der Waals surface area contributed by atoms with Gasteiger partial charge in [0.2, 0.25) is 0 Å². The van der Waals surface area contributed by atoms with E-state index >= 15 is 0 Å². The topological polar surface area (TPSA) is 16.1 Å². The summed E-state index contributed by atoms with van der Waals surface area (Å²) < 4.78 is 0. The van der Waals surface area contributed by atoms with E-state index in [1.165, 1.54) is 24.3 Å². The van der Waals surface area contributed by atoms with Gasteiger partial charge in [-0.25, -0.2) is 4.98 Å². The van der Waals surface area contributed by atoms with Crippen LogP contribution in [0.2, 0.25) is 0 Å². The first kappa shape index (κ1) is 8.27. The molecule has 0 aromatic carbocycles. The van der Waals surface area contributed by atoms with Crippen molar-refractivity contribution in [1.29, 1.82) is 0 Å². The molecule has 0 N–H and O–H groups in total. The molecule has 1 fully saturated rings. The van der Waals surface area contributed by atoms with Crippen molar-refractivity contribution in [3.63, 3.8) is 0 Å². The lowest BCUT2D eigenvalue weighted by Gasteiger charge is -2.32. The minimum atomic E-state index is 0.574. The molecule has 1 aromatic rings. The van der Waals surface area contributed by atoms with E-state index in [2.05, 4.69) is 35.9 Å². The van der Waals surface area contributed by atoms with Crippen molar-refractivity contribution >= 4 is 5.82 Å². The molecule has 1 aliphatic carbocycles. The van der Waals surface area contributed by atoms with Crippen LogP contribution in [0.15, 0.2) is 18.3 Å². The van der Waals surface area contributed by atoms with Crippen LogP contribution >= 0.6 is 0 Å². The van der Waals surface area contributed by atoms with E-state index in [-0.39, 0.29) is 0 Å². The standard InChI is InChI=1S/C12H16N2/c1-8(2)14-7-9-6-11(9)10-4-3-5-13-12(10)14/h3-5,8-9,11H,6-7H2,1-2H3. The zero-order chi connectivity index (χ0) is 9.71.